The summed E-state index contributed by atoms with van der Waals surface area (Å²) in [7, 11) is 0. The Morgan fingerprint density at radius 1 is 0.964 bits per heavy atom. The van der Waals surface area contributed by atoms with E-state index in [9.17, 15) is 18.8 Å². The molecule has 0 unspecified atom stereocenters. The van der Waals surface area contributed by atoms with Crippen LogP contribution in [0.25, 0.3) is 0 Å². The van der Waals surface area contributed by atoms with Crippen LogP contribution in [0.1, 0.15) is 23.2 Å². The second-order valence-electron chi connectivity index (χ2n) is 7.67. The number of carbonyl (C=O) groups is 3. The van der Waals surface area contributed by atoms with Crippen molar-refractivity contribution < 1.29 is 18.8 Å². The average Bonchev–Trinajstić information content (AvgIpc) is 3.34. The zero-order valence-electron chi connectivity index (χ0n) is 15.1. The van der Waals surface area contributed by atoms with E-state index in [1.807, 2.05) is 11.0 Å². The van der Waals surface area contributed by atoms with Crippen LogP contribution >= 0.6 is 0 Å². The molecule has 0 bridgehead atoms. The molecule has 6 heteroatoms. The molecule has 2 aromatic carbocycles. The molecule has 28 heavy (non-hydrogen) atoms. The number of amides is 2. The highest BCUT2D eigenvalue weighted by Crippen LogP contribution is 2.48. The first-order valence-corrected chi connectivity index (χ1v) is 9.56. The third kappa shape index (κ3) is 2.37. The highest BCUT2D eigenvalue weighted by atomic mass is 19.1. The van der Waals surface area contributed by atoms with Crippen molar-refractivity contribution in [1.82, 2.24) is 4.90 Å². The average molecular weight is 378 g/mol. The lowest BCUT2D eigenvalue weighted by Gasteiger charge is -2.27. The van der Waals surface area contributed by atoms with Gasteiger partial charge in [-0.1, -0.05) is 36.4 Å². The smallest absolute Gasteiger partial charge is 0.239 e. The Balaban J connectivity index is 1.56. The monoisotopic (exact) mass is 378 g/mol. The molecule has 0 spiro atoms. The van der Waals surface area contributed by atoms with Gasteiger partial charge in [0.1, 0.15) is 5.82 Å². The van der Waals surface area contributed by atoms with Gasteiger partial charge < -0.3 is 0 Å². The van der Waals surface area contributed by atoms with E-state index in [2.05, 4.69) is 0 Å². The quantitative estimate of drug-likeness (QED) is 0.609. The van der Waals surface area contributed by atoms with E-state index >= 15 is 0 Å². The zero-order valence-corrected chi connectivity index (χ0v) is 15.1. The minimum Gasteiger partial charge on any atom is -0.292 e. The van der Waals surface area contributed by atoms with Gasteiger partial charge in [-0.2, -0.15) is 0 Å². The maximum atomic E-state index is 13.7. The SMILES string of the molecule is O=C(c1ccccc1)[C@@H]1[C@@H]2C(=O)N(c3cccc(F)c3)C(=O)[C@@H]2[C@@H]2CCCN12. The number of anilines is 1. The van der Waals surface area contributed by atoms with Crippen LogP contribution in [0, 0.1) is 17.7 Å². The number of Topliss-reactive ketones (excluding diaryl/α,β-unsaturated/α-hetero) is 1. The van der Waals surface area contributed by atoms with Crippen LogP contribution in [0.2, 0.25) is 0 Å². The van der Waals surface area contributed by atoms with Crippen LogP contribution in [0.3, 0.4) is 0 Å². The van der Waals surface area contributed by atoms with E-state index in [1.165, 1.54) is 18.2 Å². The van der Waals surface area contributed by atoms with Crippen molar-refractivity contribution in [1.29, 1.82) is 0 Å². The lowest BCUT2D eigenvalue weighted by Crippen LogP contribution is -2.46. The fourth-order valence-corrected chi connectivity index (χ4v) is 5.16. The summed E-state index contributed by atoms with van der Waals surface area (Å²) < 4.78 is 13.7. The Morgan fingerprint density at radius 3 is 2.46 bits per heavy atom. The molecule has 3 fully saturated rings. The number of hydrogen-bond donors (Lipinski definition) is 0. The fraction of sp³-hybridized carbons (Fsp3) is 0.318. The molecule has 2 aromatic rings. The lowest BCUT2D eigenvalue weighted by atomic mass is 9.85. The van der Waals surface area contributed by atoms with Gasteiger partial charge in [-0.05, 0) is 37.6 Å². The van der Waals surface area contributed by atoms with Crippen molar-refractivity contribution in [2.24, 2.45) is 11.8 Å². The van der Waals surface area contributed by atoms with Gasteiger partial charge in [0.2, 0.25) is 11.8 Å². The predicted molar refractivity (Wildman–Crippen MR) is 100 cm³/mol. The molecular formula is C22H19FN2O3. The third-order valence-electron chi connectivity index (χ3n) is 6.25. The van der Waals surface area contributed by atoms with Crippen LogP contribution in [0.15, 0.2) is 54.6 Å². The number of fused-ring (bicyclic) bond motifs is 3. The summed E-state index contributed by atoms with van der Waals surface area (Å²) >= 11 is 0. The van der Waals surface area contributed by atoms with E-state index in [-0.39, 0.29) is 23.4 Å². The second kappa shape index (κ2) is 6.34. The highest BCUT2D eigenvalue weighted by Gasteiger charge is 2.64. The number of carbonyl (C=O) groups excluding carboxylic acids is 3. The molecule has 5 rings (SSSR count). The Hall–Kier alpha value is -2.86. The Morgan fingerprint density at radius 2 is 1.71 bits per heavy atom. The van der Waals surface area contributed by atoms with Gasteiger partial charge in [-0.3, -0.25) is 19.3 Å². The van der Waals surface area contributed by atoms with Crippen LogP contribution in [-0.2, 0) is 9.59 Å². The summed E-state index contributed by atoms with van der Waals surface area (Å²) in [5.41, 5.74) is 0.781. The van der Waals surface area contributed by atoms with Crippen LogP contribution in [0.4, 0.5) is 10.1 Å². The van der Waals surface area contributed by atoms with Gasteiger partial charge in [-0.25, -0.2) is 9.29 Å². The summed E-state index contributed by atoms with van der Waals surface area (Å²) in [6.07, 6.45) is 1.68. The van der Waals surface area contributed by atoms with Crippen LogP contribution in [0.5, 0.6) is 0 Å². The van der Waals surface area contributed by atoms with E-state index in [0.29, 0.717) is 12.1 Å². The molecule has 2 amide bonds. The molecule has 3 saturated heterocycles. The number of halogens is 1. The fourth-order valence-electron chi connectivity index (χ4n) is 5.16. The first kappa shape index (κ1) is 17.3. The Bertz CT molecular complexity index is 977. The molecule has 0 N–H and O–H groups in total. The van der Waals surface area contributed by atoms with E-state index in [0.717, 1.165) is 17.7 Å². The summed E-state index contributed by atoms with van der Waals surface area (Å²) in [5.74, 6) is -2.60. The molecule has 0 saturated carbocycles. The third-order valence-corrected chi connectivity index (χ3v) is 6.25. The number of rotatable bonds is 3. The minimum atomic E-state index is -0.714. The van der Waals surface area contributed by atoms with Gasteiger partial charge >= 0.3 is 0 Å². The van der Waals surface area contributed by atoms with Crippen molar-refractivity contribution in [3.8, 4) is 0 Å². The van der Waals surface area contributed by atoms with Crippen molar-refractivity contribution >= 4 is 23.3 Å². The predicted octanol–water partition coefficient (Wildman–Crippen LogP) is 2.66. The topological polar surface area (TPSA) is 57.7 Å². The lowest BCUT2D eigenvalue weighted by molar-refractivity contribution is -0.123. The van der Waals surface area contributed by atoms with E-state index < -0.39 is 29.6 Å². The molecule has 3 aliphatic heterocycles. The molecule has 0 aromatic heterocycles. The van der Waals surface area contributed by atoms with Gasteiger partial charge in [0.05, 0.1) is 23.6 Å². The number of nitrogens with zero attached hydrogens (tertiary/aromatic N) is 2. The molecule has 0 radical (unpaired) electrons. The van der Waals surface area contributed by atoms with E-state index in [4.69, 9.17) is 0 Å². The van der Waals surface area contributed by atoms with Crippen molar-refractivity contribution in [2.45, 2.75) is 24.9 Å². The number of hydrogen-bond acceptors (Lipinski definition) is 4. The number of ketones is 1. The van der Waals surface area contributed by atoms with Crippen molar-refractivity contribution in [2.75, 3.05) is 11.4 Å². The molecule has 142 valence electrons. The maximum absolute atomic E-state index is 13.7. The molecule has 3 aliphatic rings. The van der Waals surface area contributed by atoms with Gasteiger partial charge in [0.15, 0.2) is 5.78 Å². The largest absolute Gasteiger partial charge is 0.292 e. The molecule has 4 atom stereocenters. The zero-order chi connectivity index (χ0) is 19.4. The van der Waals surface area contributed by atoms with Gasteiger partial charge in [0.25, 0.3) is 0 Å². The maximum Gasteiger partial charge on any atom is 0.239 e. The van der Waals surface area contributed by atoms with Crippen molar-refractivity contribution in [3.05, 3.63) is 66.0 Å². The molecule has 0 aliphatic carbocycles. The van der Waals surface area contributed by atoms with Gasteiger partial charge in [0, 0.05) is 11.6 Å². The molecule has 5 nitrogen and oxygen atoms in total. The summed E-state index contributed by atoms with van der Waals surface area (Å²) in [4.78, 5) is 42.9. The van der Waals surface area contributed by atoms with E-state index in [1.54, 1.807) is 30.3 Å². The number of imide groups is 1. The highest BCUT2D eigenvalue weighted by molar-refractivity contribution is 6.24. The summed E-state index contributed by atoms with van der Waals surface area (Å²) in [6.45, 7) is 0.710. The number of benzene rings is 2. The molecular weight excluding hydrogens is 359 g/mol. The standard InChI is InChI=1S/C22H19FN2O3/c23-14-8-4-9-15(12-14)25-21(27)17-16-10-5-11-24(16)19(18(17)22(25)28)20(26)13-6-2-1-3-7-13/h1-4,6-9,12,16-19H,5,10-11H2/t16-,17+,18+,19-/m0/s1. The van der Waals surface area contributed by atoms with Crippen molar-refractivity contribution in [3.63, 3.8) is 0 Å². The summed E-state index contributed by atoms with van der Waals surface area (Å²) in [5, 5.41) is 0. The second-order valence-corrected chi connectivity index (χ2v) is 7.67. The summed E-state index contributed by atoms with van der Waals surface area (Å²) in [6, 6.07) is 13.7. The molecule has 3 heterocycles. The van der Waals surface area contributed by atoms with Gasteiger partial charge in [-0.15, -0.1) is 0 Å². The Kier molecular flexibility index (Phi) is 3.91. The van der Waals surface area contributed by atoms with Crippen LogP contribution in [-0.4, -0.2) is 41.1 Å². The first-order valence-electron chi connectivity index (χ1n) is 9.56. The first-order chi connectivity index (χ1) is 13.6. The Labute approximate surface area is 161 Å². The normalized spacial score (nSPS) is 29.2. The van der Waals surface area contributed by atoms with Crippen LogP contribution < -0.4 is 4.90 Å². The minimum absolute atomic E-state index is 0.113.